The van der Waals surface area contributed by atoms with Gasteiger partial charge in [-0.05, 0) is 25.7 Å². The molecule has 1 saturated carbocycles. The maximum Gasteiger partial charge on any atom is 0.305 e. The number of hydrogen-bond donors (Lipinski definition) is 1. The van der Waals surface area contributed by atoms with Crippen LogP contribution in [0.25, 0.3) is 0 Å². The summed E-state index contributed by atoms with van der Waals surface area (Å²) in [7, 11) is 1.39. The van der Waals surface area contributed by atoms with Gasteiger partial charge < -0.3 is 9.94 Å². The van der Waals surface area contributed by atoms with Gasteiger partial charge in [-0.3, -0.25) is 4.79 Å². The molecule has 4 heteroatoms. The van der Waals surface area contributed by atoms with Crippen molar-refractivity contribution in [1.82, 2.24) is 0 Å². The maximum absolute atomic E-state index is 10.9. The molecule has 80 valence electrons. The summed E-state index contributed by atoms with van der Waals surface area (Å²) < 4.78 is 4.57. The van der Waals surface area contributed by atoms with E-state index >= 15 is 0 Å². The molecule has 1 aliphatic rings. The SMILES string of the molecule is COC(=O)CC[C@H]1CCCC/C1=N\O. The molecule has 1 atom stereocenters. The minimum absolute atomic E-state index is 0.187. The Bertz CT molecular complexity index is 225. The van der Waals surface area contributed by atoms with Crippen LogP contribution in [-0.4, -0.2) is 24.0 Å². The van der Waals surface area contributed by atoms with Gasteiger partial charge in [0.2, 0.25) is 0 Å². The number of esters is 1. The third kappa shape index (κ3) is 3.01. The fourth-order valence-corrected chi connectivity index (χ4v) is 1.90. The molecule has 0 aromatic heterocycles. The molecule has 0 spiro atoms. The molecule has 0 amide bonds. The Balaban J connectivity index is 2.37. The smallest absolute Gasteiger partial charge is 0.305 e. The van der Waals surface area contributed by atoms with Gasteiger partial charge >= 0.3 is 5.97 Å². The van der Waals surface area contributed by atoms with Crippen LogP contribution in [0, 0.1) is 5.92 Å². The molecule has 0 unspecified atom stereocenters. The van der Waals surface area contributed by atoms with E-state index in [0.717, 1.165) is 37.8 Å². The van der Waals surface area contributed by atoms with Crippen LogP contribution < -0.4 is 0 Å². The van der Waals surface area contributed by atoms with Gasteiger partial charge in [0.05, 0.1) is 12.8 Å². The summed E-state index contributed by atoms with van der Waals surface area (Å²) in [4.78, 5) is 10.9. The molecule has 1 aliphatic carbocycles. The van der Waals surface area contributed by atoms with Crippen molar-refractivity contribution in [1.29, 1.82) is 0 Å². The zero-order valence-corrected chi connectivity index (χ0v) is 8.53. The summed E-state index contributed by atoms with van der Waals surface area (Å²) in [6.07, 6.45) is 5.30. The van der Waals surface area contributed by atoms with Crippen LogP contribution in [0.5, 0.6) is 0 Å². The number of rotatable bonds is 3. The van der Waals surface area contributed by atoms with Crippen LogP contribution in [0.2, 0.25) is 0 Å². The van der Waals surface area contributed by atoms with E-state index in [1.807, 2.05) is 0 Å². The molecule has 0 aliphatic heterocycles. The number of nitrogens with zero attached hydrogens (tertiary/aromatic N) is 1. The molecule has 1 N–H and O–H groups in total. The van der Waals surface area contributed by atoms with Crippen molar-refractivity contribution in [3.63, 3.8) is 0 Å². The van der Waals surface area contributed by atoms with E-state index in [9.17, 15) is 4.79 Å². The van der Waals surface area contributed by atoms with Crippen LogP contribution in [0.4, 0.5) is 0 Å². The summed E-state index contributed by atoms with van der Waals surface area (Å²) in [6.45, 7) is 0. The zero-order valence-electron chi connectivity index (χ0n) is 8.53. The van der Waals surface area contributed by atoms with Gasteiger partial charge in [0.1, 0.15) is 0 Å². The molecular weight excluding hydrogens is 182 g/mol. The highest BCUT2D eigenvalue weighted by molar-refractivity contribution is 5.87. The van der Waals surface area contributed by atoms with E-state index in [4.69, 9.17) is 5.21 Å². The van der Waals surface area contributed by atoms with Gasteiger partial charge in [0, 0.05) is 12.3 Å². The predicted octanol–water partition coefficient (Wildman–Crippen LogP) is 1.96. The quantitative estimate of drug-likeness (QED) is 0.429. The van der Waals surface area contributed by atoms with Gasteiger partial charge in [-0.2, -0.15) is 0 Å². The molecule has 0 heterocycles. The van der Waals surface area contributed by atoms with Crippen LogP contribution >= 0.6 is 0 Å². The van der Waals surface area contributed by atoms with E-state index in [1.165, 1.54) is 7.11 Å². The molecule has 0 radical (unpaired) electrons. The Hall–Kier alpha value is -1.06. The van der Waals surface area contributed by atoms with Crippen LogP contribution in [0.15, 0.2) is 5.16 Å². The minimum atomic E-state index is -0.187. The average Bonchev–Trinajstić information content (AvgIpc) is 2.26. The van der Waals surface area contributed by atoms with Gasteiger partial charge in [0.25, 0.3) is 0 Å². The number of methoxy groups -OCH3 is 1. The fraction of sp³-hybridized carbons (Fsp3) is 0.800. The van der Waals surface area contributed by atoms with Crippen molar-refractivity contribution in [2.75, 3.05) is 7.11 Å². The van der Waals surface area contributed by atoms with Crippen molar-refractivity contribution >= 4 is 11.7 Å². The average molecular weight is 199 g/mol. The molecule has 0 aromatic carbocycles. The number of hydrogen-bond acceptors (Lipinski definition) is 4. The predicted molar refractivity (Wildman–Crippen MR) is 52.4 cm³/mol. The van der Waals surface area contributed by atoms with Crippen molar-refractivity contribution < 1.29 is 14.7 Å². The molecular formula is C10H17NO3. The minimum Gasteiger partial charge on any atom is -0.469 e. The highest BCUT2D eigenvalue weighted by Gasteiger charge is 2.21. The van der Waals surface area contributed by atoms with Gasteiger partial charge in [0.15, 0.2) is 0 Å². The number of carbonyl (C=O) groups is 1. The van der Waals surface area contributed by atoms with Gasteiger partial charge in [-0.25, -0.2) is 0 Å². The van der Waals surface area contributed by atoms with Crippen molar-refractivity contribution in [3.8, 4) is 0 Å². The van der Waals surface area contributed by atoms with E-state index in [-0.39, 0.29) is 11.9 Å². The summed E-state index contributed by atoms with van der Waals surface area (Å²) in [6, 6.07) is 0. The van der Waals surface area contributed by atoms with E-state index in [2.05, 4.69) is 9.89 Å². The molecule has 0 saturated heterocycles. The number of ether oxygens (including phenoxy) is 1. The highest BCUT2D eigenvalue weighted by Crippen LogP contribution is 2.25. The first-order valence-electron chi connectivity index (χ1n) is 5.05. The monoisotopic (exact) mass is 199 g/mol. The lowest BCUT2D eigenvalue weighted by molar-refractivity contribution is -0.140. The summed E-state index contributed by atoms with van der Waals surface area (Å²) in [5, 5.41) is 12.1. The summed E-state index contributed by atoms with van der Waals surface area (Å²) in [5.41, 5.74) is 0.847. The van der Waals surface area contributed by atoms with Crippen LogP contribution in [0.1, 0.15) is 38.5 Å². The second-order valence-corrected chi connectivity index (χ2v) is 3.65. The first kappa shape index (κ1) is 11.0. The fourth-order valence-electron chi connectivity index (χ4n) is 1.90. The lowest BCUT2D eigenvalue weighted by Gasteiger charge is -2.22. The Labute approximate surface area is 83.9 Å². The van der Waals surface area contributed by atoms with Crippen molar-refractivity contribution in [3.05, 3.63) is 0 Å². The highest BCUT2D eigenvalue weighted by atomic mass is 16.5. The van der Waals surface area contributed by atoms with Crippen molar-refractivity contribution in [2.24, 2.45) is 11.1 Å². The van der Waals surface area contributed by atoms with E-state index in [0.29, 0.717) is 6.42 Å². The number of oxime groups is 1. The maximum atomic E-state index is 10.9. The van der Waals surface area contributed by atoms with Crippen LogP contribution in [-0.2, 0) is 9.53 Å². The third-order valence-corrected chi connectivity index (χ3v) is 2.76. The molecule has 0 aromatic rings. The largest absolute Gasteiger partial charge is 0.469 e. The third-order valence-electron chi connectivity index (χ3n) is 2.76. The summed E-state index contributed by atoms with van der Waals surface area (Å²) >= 11 is 0. The second kappa shape index (κ2) is 5.62. The topological polar surface area (TPSA) is 58.9 Å². The summed E-state index contributed by atoms with van der Waals surface area (Å²) in [5.74, 6) is 0.0840. The Morgan fingerprint density at radius 2 is 2.43 bits per heavy atom. The lowest BCUT2D eigenvalue weighted by atomic mass is 9.84. The van der Waals surface area contributed by atoms with E-state index in [1.54, 1.807) is 0 Å². The van der Waals surface area contributed by atoms with E-state index < -0.39 is 0 Å². The molecule has 1 fully saturated rings. The Kier molecular flexibility index (Phi) is 4.43. The standard InChI is InChI=1S/C10H17NO3/c1-14-10(12)7-6-8-4-2-3-5-9(8)11-13/h8,13H,2-7H2,1H3/b11-9+/t8-/m1/s1. The molecule has 0 bridgehead atoms. The molecule has 14 heavy (non-hydrogen) atoms. The molecule has 1 rings (SSSR count). The lowest BCUT2D eigenvalue weighted by Crippen LogP contribution is -2.20. The zero-order chi connectivity index (χ0) is 10.4. The number of carbonyl (C=O) groups excluding carboxylic acids is 1. The van der Waals surface area contributed by atoms with Gasteiger partial charge in [-0.1, -0.05) is 11.6 Å². The van der Waals surface area contributed by atoms with Crippen molar-refractivity contribution in [2.45, 2.75) is 38.5 Å². The van der Waals surface area contributed by atoms with Crippen LogP contribution in [0.3, 0.4) is 0 Å². The first-order chi connectivity index (χ1) is 6.77. The molecule has 4 nitrogen and oxygen atoms in total. The first-order valence-corrected chi connectivity index (χ1v) is 5.05. The second-order valence-electron chi connectivity index (χ2n) is 3.65. The Morgan fingerprint density at radius 1 is 1.64 bits per heavy atom. The normalized spacial score (nSPS) is 24.9. The Morgan fingerprint density at radius 3 is 3.07 bits per heavy atom. The van der Waals surface area contributed by atoms with Gasteiger partial charge in [-0.15, -0.1) is 0 Å².